The molecule has 2 fully saturated rings. The molecule has 0 heterocycles. The first kappa shape index (κ1) is 12.4. The van der Waals surface area contributed by atoms with Crippen LogP contribution in [0.5, 0.6) is 0 Å². The second-order valence-electron chi connectivity index (χ2n) is 5.90. The minimum atomic E-state index is 0.0472. The van der Waals surface area contributed by atoms with E-state index in [9.17, 15) is 9.59 Å². The van der Waals surface area contributed by atoms with Crippen LogP contribution < -0.4 is 5.32 Å². The Kier molecular flexibility index (Phi) is 3.13. The van der Waals surface area contributed by atoms with E-state index in [1.807, 2.05) is 12.1 Å². The number of carbonyl (C=O) groups is 2. The Labute approximate surface area is 113 Å². The Morgan fingerprint density at radius 1 is 1.11 bits per heavy atom. The number of hydrogen-bond donors (Lipinski definition) is 1. The molecule has 19 heavy (non-hydrogen) atoms. The summed E-state index contributed by atoms with van der Waals surface area (Å²) in [7, 11) is 0. The summed E-state index contributed by atoms with van der Waals surface area (Å²) >= 11 is 0. The van der Waals surface area contributed by atoms with E-state index in [2.05, 4.69) is 5.32 Å². The number of amides is 1. The zero-order chi connectivity index (χ0) is 13.4. The van der Waals surface area contributed by atoms with Crippen LogP contribution in [0.3, 0.4) is 0 Å². The van der Waals surface area contributed by atoms with Gasteiger partial charge in [-0.25, -0.2) is 0 Å². The topological polar surface area (TPSA) is 46.2 Å². The van der Waals surface area contributed by atoms with E-state index in [1.165, 1.54) is 19.3 Å². The van der Waals surface area contributed by atoms with Gasteiger partial charge in [0.15, 0.2) is 5.78 Å². The molecule has 0 spiro atoms. The van der Waals surface area contributed by atoms with Gasteiger partial charge >= 0.3 is 0 Å². The first-order valence-electron chi connectivity index (χ1n) is 7.05. The van der Waals surface area contributed by atoms with Crippen molar-refractivity contribution in [2.75, 3.05) is 5.32 Å². The van der Waals surface area contributed by atoms with Gasteiger partial charge in [-0.05, 0) is 62.3 Å². The molecule has 1 N–H and O–H groups in total. The van der Waals surface area contributed by atoms with Crippen LogP contribution in [0.2, 0.25) is 0 Å². The van der Waals surface area contributed by atoms with Crippen molar-refractivity contribution in [2.24, 2.45) is 17.8 Å². The van der Waals surface area contributed by atoms with Gasteiger partial charge in [-0.3, -0.25) is 9.59 Å². The fourth-order valence-corrected chi connectivity index (χ4v) is 3.59. The summed E-state index contributed by atoms with van der Waals surface area (Å²) < 4.78 is 0. The SMILES string of the molecule is CC(=O)c1ccc(NC(=O)[C@H]2C[C@H]3CC[C@H]2C3)cc1. The second-order valence-corrected chi connectivity index (χ2v) is 5.90. The molecule has 2 bridgehead atoms. The largest absolute Gasteiger partial charge is 0.326 e. The third-order valence-corrected chi connectivity index (χ3v) is 4.63. The monoisotopic (exact) mass is 257 g/mol. The molecule has 1 aromatic carbocycles. The van der Waals surface area contributed by atoms with Crippen molar-refractivity contribution in [1.82, 2.24) is 0 Å². The highest BCUT2D eigenvalue weighted by Gasteiger charge is 2.42. The summed E-state index contributed by atoms with van der Waals surface area (Å²) in [5, 5.41) is 2.98. The molecule has 0 radical (unpaired) electrons. The average Bonchev–Trinajstić information content (AvgIpc) is 3.01. The van der Waals surface area contributed by atoms with E-state index >= 15 is 0 Å². The van der Waals surface area contributed by atoms with Crippen LogP contribution in [0.25, 0.3) is 0 Å². The first-order valence-corrected chi connectivity index (χ1v) is 7.05. The molecule has 3 nitrogen and oxygen atoms in total. The van der Waals surface area contributed by atoms with Crippen molar-refractivity contribution in [3.63, 3.8) is 0 Å². The molecule has 0 aromatic heterocycles. The first-order chi connectivity index (χ1) is 9.13. The van der Waals surface area contributed by atoms with Crippen molar-refractivity contribution < 1.29 is 9.59 Å². The van der Waals surface area contributed by atoms with Crippen LogP contribution in [0, 0.1) is 17.8 Å². The molecule has 0 unspecified atom stereocenters. The molecular formula is C16H19NO2. The standard InChI is InChI=1S/C16H19NO2/c1-10(18)12-4-6-14(7-5-12)17-16(19)15-9-11-2-3-13(15)8-11/h4-7,11,13,15H,2-3,8-9H2,1H3,(H,17,19)/t11-,13-,15-/m0/s1. The van der Waals surface area contributed by atoms with Crippen molar-refractivity contribution in [3.8, 4) is 0 Å². The smallest absolute Gasteiger partial charge is 0.227 e. The van der Waals surface area contributed by atoms with E-state index in [0.717, 1.165) is 18.0 Å². The molecule has 0 saturated heterocycles. The Balaban J connectivity index is 1.64. The van der Waals surface area contributed by atoms with Gasteiger partial charge in [0.1, 0.15) is 0 Å². The molecule has 3 rings (SSSR count). The summed E-state index contributed by atoms with van der Waals surface area (Å²) in [6.45, 7) is 1.54. The highest BCUT2D eigenvalue weighted by atomic mass is 16.2. The molecule has 2 aliphatic carbocycles. The van der Waals surface area contributed by atoms with Gasteiger partial charge in [0.2, 0.25) is 5.91 Å². The molecule has 2 saturated carbocycles. The second kappa shape index (κ2) is 4.80. The van der Waals surface area contributed by atoms with Crippen molar-refractivity contribution in [1.29, 1.82) is 0 Å². The van der Waals surface area contributed by atoms with Gasteiger partial charge in [-0.1, -0.05) is 6.42 Å². The molecule has 0 aliphatic heterocycles. The highest BCUT2D eigenvalue weighted by molar-refractivity contribution is 5.96. The third-order valence-electron chi connectivity index (χ3n) is 4.63. The lowest BCUT2D eigenvalue weighted by Crippen LogP contribution is -2.27. The van der Waals surface area contributed by atoms with E-state index in [-0.39, 0.29) is 17.6 Å². The molecular weight excluding hydrogens is 238 g/mol. The predicted molar refractivity (Wildman–Crippen MR) is 74.0 cm³/mol. The third kappa shape index (κ3) is 2.42. The quantitative estimate of drug-likeness (QED) is 0.845. The average molecular weight is 257 g/mol. The van der Waals surface area contributed by atoms with Gasteiger partial charge in [0.25, 0.3) is 0 Å². The lowest BCUT2D eigenvalue weighted by atomic mass is 9.88. The van der Waals surface area contributed by atoms with Gasteiger partial charge in [0, 0.05) is 17.2 Å². The number of rotatable bonds is 3. The number of carbonyl (C=O) groups excluding carboxylic acids is 2. The van der Waals surface area contributed by atoms with Crippen molar-refractivity contribution in [2.45, 2.75) is 32.6 Å². The molecule has 3 atom stereocenters. The minimum absolute atomic E-state index is 0.0472. The highest BCUT2D eigenvalue weighted by Crippen LogP contribution is 2.48. The van der Waals surface area contributed by atoms with E-state index in [1.54, 1.807) is 19.1 Å². The Bertz CT molecular complexity index is 506. The van der Waals surface area contributed by atoms with Crippen LogP contribution in [-0.2, 0) is 4.79 Å². The summed E-state index contributed by atoms with van der Waals surface area (Å²) in [6, 6.07) is 7.14. The van der Waals surface area contributed by atoms with Gasteiger partial charge in [-0.15, -0.1) is 0 Å². The van der Waals surface area contributed by atoms with Gasteiger partial charge in [-0.2, -0.15) is 0 Å². The molecule has 1 aromatic rings. The number of Topliss-reactive ketones (excluding diaryl/α,β-unsaturated/α-hetero) is 1. The maximum absolute atomic E-state index is 12.2. The Morgan fingerprint density at radius 3 is 2.37 bits per heavy atom. The summed E-state index contributed by atoms with van der Waals surface area (Å²) in [5.74, 6) is 1.78. The molecule has 3 heteroatoms. The van der Waals surface area contributed by atoms with E-state index < -0.39 is 0 Å². The minimum Gasteiger partial charge on any atom is -0.326 e. The normalized spacial score (nSPS) is 28.4. The number of fused-ring (bicyclic) bond motifs is 2. The van der Waals surface area contributed by atoms with Crippen molar-refractivity contribution in [3.05, 3.63) is 29.8 Å². The number of nitrogens with one attached hydrogen (secondary N) is 1. The predicted octanol–water partition coefficient (Wildman–Crippen LogP) is 3.26. The maximum Gasteiger partial charge on any atom is 0.227 e. The number of ketones is 1. The zero-order valence-corrected chi connectivity index (χ0v) is 11.2. The lowest BCUT2D eigenvalue weighted by molar-refractivity contribution is -0.121. The molecule has 2 aliphatic rings. The molecule has 1 amide bonds. The van der Waals surface area contributed by atoms with Crippen LogP contribution in [0.15, 0.2) is 24.3 Å². The number of hydrogen-bond acceptors (Lipinski definition) is 2. The van der Waals surface area contributed by atoms with Crippen LogP contribution in [0.4, 0.5) is 5.69 Å². The summed E-state index contributed by atoms with van der Waals surface area (Å²) in [6.07, 6.45) is 4.82. The van der Waals surface area contributed by atoms with Gasteiger partial charge in [0.05, 0.1) is 0 Å². The summed E-state index contributed by atoms with van der Waals surface area (Å²) in [4.78, 5) is 23.4. The van der Waals surface area contributed by atoms with Gasteiger partial charge < -0.3 is 5.32 Å². The fourth-order valence-electron chi connectivity index (χ4n) is 3.59. The maximum atomic E-state index is 12.2. The van der Waals surface area contributed by atoms with E-state index in [4.69, 9.17) is 0 Å². The summed E-state index contributed by atoms with van der Waals surface area (Å²) in [5.41, 5.74) is 1.47. The van der Waals surface area contributed by atoms with E-state index in [0.29, 0.717) is 11.5 Å². The van der Waals surface area contributed by atoms with Crippen LogP contribution in [-0.4, -0.2) is 11.7 Å². The van der Waals surface area contributed by atoms with Crippen LogP contribution in [0.1, 0.15) is 43.0 Å². The fraction of sp³-hybridized carbons (Fsp3) is 0.500. The molecule has 100 valence electrons. The van der Waals surface area contributed by atoms with Crippen LogP contribution >= 0.6 is 0 Å². The van der Waals surface area contributed by atoms with Crippen molar-refractivity contribution >= 4 is 17.4 Å². The number of benzene rings is 1. The Hall–Kier alpha value is -1.64. The number of anilines is 1. The lowest BCUT2D eigenvalue weighted by Gasteiger charge is -2.20. The zero-order valence-electron chi connectivity index (χ0n) is 11.2. The Morgan fingerprint density at radius 2 is 1.84 bits per heavy atom.